The Balaban J connectivity index is 1.62. The number of hydrogen-bond acceptors (Lipinski definition) is 6. The van der Waals surface area contributed by atoms with Crippen LogP contribution in [-0.4, -0.2) is 27.4 Å². The molecule has 4 aromatic rings. The lowest BCUT2D eigenvalue weighted by Gasteiger charge is -2.09. The van der Waals surface area contributed by atoms with Crippen molar-refractivity contribution in [1.29, 1.82) is 5.26 Å². The average molecular weight is 442 g/mol. The number of rotatable bonds is 8. The fraction of sp³-hybridized carbons (Fsp3) is 0.0833. The Hall–Kier alpha value is -4.71. The number of carbonyl (C=O) groups excluding carboxylic acids is 1. The van der Waals surface area contributed by atoms with Crippen molar-refractivity contribution >= 4 is 28.4 Å². The molecule has 2 aromatic carbocycles. The van der Waals surface area contributed by atoms with Gasteiger partial charge in [0.1, 0.15) is 17.1 Å². The summed E-state index contributed by atoms with van der Waals surface area (Å²) in [7, 11) is 0. The minimum absolute atomic E-state index is 0.235. The van der Waals surface area contributed by atoms with Gasteiger partial charge in [0.05, 0.1) is 18.7 Å². The summed E-state index contributed by atoms with van der Waals surface area (Å²) in [5.74, 6) is -0.0568. The number of halogens is 1. The first-order valence-corrected chi connectivity index (χ1v) is 10.0. The maximum Gasteiger partial charge on any atom is 0.247 e. The van der Waals surface area contributed by atoms with Crippen LogP contribution < -0.4 is 15.4 Å². The molecule has 2 aromatic heterocycles. The van der Waals surface area contributed by atoms with E-state index in [0.717, 1.165) is 0 Å². The number of nitrogens with zero attached hydrogens (tertiary/aromatic N) is 3. The van der Waals surface area contributed by atoms with Gasteiger partial charge in [-0.05, 0) is 42.0 Å². The summed E-state index contributed by atoms with van der Waals surface area (Å²) in [6, 6.07) is 13.4. The summed E-state index contributed by atoms with van der Waals surface area (Å²) >= 11 is 0. The second-order valence-electron chi connectivity index (χ2n) is 6.99. The van der Waals surface area contributed by atoms with Crippen LogP contribution >= 0.6 is 0 Å². The Morgan fingerprint density at radius 1 is 1.27 bits per heavy atom. The molecule has 4 rings (SSSR count). The number of benzene rings is 2. The highest BCUT2D eigenvalue weighted by atomic mass is 19.1. The van der Waals surface area contributed by atoms with Crippen LogP contribution in [0.15, 0.2) is 67.5 Å². The second kappa shape index (κ2) is 9.62. The first kappa shape index (κ1) is 21.5. The fourth-order valence-corrected chi connectivity index (χ4v) is 3.21. The molecular weight excluding hydrogens is 423 g/mol. The predicted molar refractivity (Wildman–Crippen MR) is 123 cm³/mol. The van der Waals surface area contributed by atoms with Gasteiger partial charge in [0.2, 0.25) is 11.8 Å². The van der Waals surface area contributed by atoms with E-state index in [-0.39, 0.29) is 11.8 Å². The summed E-state index contributed by atoms with van der Waals surface area (Å²) in [6.45, 7) is 3.84. The first-order chi connectivity index (χ1) is 16.1. The number of aromatic nitrogens is 3. The summed E-state index contributed by atoms with van der Waals surface area (Å²) in [5.41, 5.74) is 3.39. The second-order valence-corrected chi connectivity index (χ2v) is 6.99. The van der Waals surface area contributed by atoms with E-state index in [9.17, 15) is 9.18 Å². The normalized spacial score (nSPS) is 10.4. The maximum atomic E-state index is 14.2. The Kier molecular flexibility index (Phi) is 6.27. The molecule has 3 N–H and O–H groups in total. The van der Waals surface area contributed by atoms with Gasteiger partial charge < -0.3 is 20.4 Å². The lowest BCUT2D eigenvalue weighted by atomic mass is 10.1. The zero-order valence-corrected chi connectivity index (χ0v) is 17.4. The molecule has 0 bridgehead atoms. The molecule has 164 valence electrons. The van der Waals surface area contributed by atoms with E-state index in [2.05, 4.69) is 32.2 Å². The number of aromatic amines is 1. The average Bonchev–Trinajstić information content (AvgIpc) is 3.22. The number of hydrogen-bond donors (Lipinski definition) is 3. The van der Waals surface area contributed by atoms with Gasteiger partial charge >= 0.3 is 0 Å². The number of anilines is 2. The van der Waals surface area contributed by atoms with Crippen molar-refractivity contribution in [3.63, 3.8) is 0 Å². The van der Waals surface area contributed by atoms with E-state index in [1.165, 1.54) is 24.4 Å². The van der Waals surface area contributed by atoms with Gasteiger partial charge in [0, 0.05) is 35.7 Å². The fourth-order valence-electron chi connectivity index (χ4n) is 3.21. The van der Waals surface area contributed by atoms with Crippen molar-refractivity contribution in [1.82, 2.24) is 15.0 Å². The quantitative estimate of drug-likeness (QED) is 0.261. The molecule has 9 heteroatoms. The minimum Gasteiger partial charge on any atom is -0.437 e. The van der Waals surface area contributed by atoms with Gasteiger partial charge in [-0.15, -0.1) is 0 Å². The monoisotopic (exact) mass is 442 g/mol. The Morgan fingerprint density at radius 3 is 2.97 bits per heavy atom. The van der Waals surface area contributed by atoms with Crippen LogP contribution in [0.4, 0.5) is 15.8 Å². The number of fused-ring (bicyclic) bond motifs is 1. The summed E-state index contributed by atoms with van der Waals surface area (Å²) in [5, 5.41) is 14.4. The molecular formula is C24H19FN6O2. The molecule has 0 aliphatic rings. The third-order valence-corrected chi connectivity index (χ3v) is 4.64. The molecule has 0 aliphatic heterocycles. The SMILES string of the molecule is C=CC(=O)Nc1cccc(Oc2cnc3[nH]cc(-c4cc(F)cc(NCCC#N)c4)c3n2)c1. The van der Waals surface area contributed by atoms with E-state index >= 15 is 0 Å². The molecule has 1 amide bonds. The highest BCUT2D eigenvalue weighted by Gasteiger charge is 2.13. The Labute approximate surface area is 188 Å². The minimum atomic E-state index is -0.417. The number of nitrogens with one attached hydrogen (secondary N) is 3. The van der Waals surface area contributed by atoms with Crippen molar-refractivity contribution in [2.24, 2.45) is 0 Å². The van der Waals surface area contributed by atoms with Crippen LogP contribution in [0.5, 0.6) is 11.6 Å². The molecule has 33 heavy (non-hydrogen) atoms. The molecule has 0 fully saturated rings. The van der Waals surface area contributed by atoms with E-state index < -0.39 is 5.82 Å². The summed E-state index contributed by atoms with van der Waals surface area (Å²) in [6.07, 6.45) is 4.66. The largest absolute Gasteiger partial charge is 0.437 e. The van der Waals surface area contributed by atoms with E-state index in [0.29, 0.717) is 52.4 Å². The van der Waals surface area contributed by atoms with Crippen molar-refractivity contribution in [2.45, 2.75) is 6.42 Å². The molecule has 0 atom stereocenters. The molecule has 0 saturated heterocycles. The molecule has 2 heterocycles. The van der Waals surface area contributed by atoms with Gasteiger partial charge in [-0.1, -0.05) is 12.6 Å². The molecule has 8 nitrogen and oxygen atoms in total. The van der Waals surface area contributed by atoms with E-state index in [1.54, 1.807) is 36.5 Å². The van der Waals surface area contributed by atoms with Crippen LogP contribution in [0.3, 0.4) is 0 Å². The Bertz CT molecular complexity index is 1380. The van der Waals surface area contributed by atoms with Crippen LogP contribution in [-0.2, 0) is 4.79 Å². The predicted octanol–water partition coefficient (Wildman–Crippen LogP) is 5.01. The van der Waals surface area contributed by atoms with Crippen LogP contribution in [0.2, 0.25) is 0 Å². The zero-order chi connectivity index (χ0) is 23.2. The van der Waals surface area contributed by atoms with Crippen molar-refractivity contribution < 1.29 is 13.9 Å². The number of carbonyl (C=O) groups is 1. The smallest absolute Gasteiger partial charge is 0.247 e. The Morgan fingerprint density at radius 2 is 2.15 bits per heavy atom. The summed E-state index contributed by atoms with van der Waals surface area (Å²) < 4.78 is 20.1. The van der Waals surface area contributed by atoms with E-state index in [1.807, 2.05) is 6.07 Å². The van der Waals surface area contributed by atoms with Crippen LogP contribution in [0.25, 0.3) is 22.3 Å². The van der Waals surface area contributed by atoms with Crippen molar-refractivity contribution in [2.75, 3.05) is 17.2 Å². The third-order valence-electron chi connectivity index (χ3n) is 4.64. The lowest BCUT2D eigenvalue weighted by Crippen LogP contribution is -2.07. The zero-order valence-electron chi connectivity index (χ0n) is 17.4. The lowest BCUT2D eigenvalue weighted by molar-refractivity contribution is -0.111. The van der Waals surface area contributed by atoms with Gasteiger partial charge in [0.15, 0.2) is 5.65 Å². The molecule has 0 unspecified atom stereocenters. The van der Waals surface area contributed by atoms with Crippen LogP contribution in [0, 0.1) is 17.1 Å². The van der Waals surface area contributed by atoms with Gasteiger partial charge in [-0.3, -0.25) is 4.79 Å². The number of amides is 1. The standard InChI is InChI=1S/C24H19FN6O2/c1-2-21(32)30-17-5-3-6-19(12-17)33-22-14-29-24-23(31-22)20(13-28-24)15-9-16(25)11-18(10-15)27-8-4-7-26/h2-3,5-6,9-14,27H,1,4,8H2,(H,28,29)(H,30,32). The summed E-state index contributed by atoms with van der Waals surface area (Å²) in [4.78, 5) is 23.4. The molecule has 0 aliphatic carbocycles. The third kappa shape index (κ3) is 5.14. The first-order valence-electron chi connectivity index (χ1n) is 10.0. The molecule has 0 saturated carbocycles. The highest BCUT2D eigenvalue weighted by Crippen LogP contribution is 2.31. The van der Waals surface area contributed by atoms with Gasteiger partial charge in [-0.25, -0.2) is 14.4 Å². The van der Waals surface area contributed by atoms with Gasteiger partial charge in [-0.2, -0.15) is 5.26 Å². The van der Waals surface area contributed by atoms with Crippen molar-refractivity contribution in [3.05, 3.63) is 73.3 Å². The number of ether oxygens (including phenoxy) is 1. The molecule has 0 radical (unpaired) electrons. The maximum absolute atomic E-state index is 14.2. The number of H-pyrrole nitrogens is 1. The van der Waals surface area contributed by atoms with Crippen LogP contribution in [0.1, 0.15) is 6.42 Å². The molecule has 0 spiro atoms. The highest BCUT2D eigenvalue weighted by molar-refractivity contribution is 5.99. The van der Waals surface area contributed by atoms with E-state index in [4.69, 9.17) is 10.00 Å². The van der Waals surface area contributed by atoms with Crippen molar-refractivity contribution in [3.8, 4) is 28.8 Å². The number of nitriles is 1. The topological polar surface area (TPSA) is 116 Å². The van der Waals surface area contributed by atoms with Gasteiger partial charge in [0.25, 0.3) is 0 Å².